The van der Waals surface area contributed by atoms with Crippen LogP contribution in [-0.2, 0) is 4.79 Å². The van der Waals surface area contributed by atoms with Gasteiger partial charge in [-0.05, 0) is 55.7 Å². The highest BCUT2D eigenvalue weighted by Gasteiger charge is 2.53. The monoisotopic (exact) mass is 275 g/mol. The Morgan fingerprint density at radius 3 is 2.47 bits per heavy atom. The zero-order valence-electron chi connectivity index (χ0n) is 10.8. The third-order valence-corrected chi connectivity index (χ3v) is 4.46. The van der Waals surface area contributed by atoms with Gasteiger partial charge in [-0.1, -0.05) is 29.8 Å². The first kappa shape index (κ1) is 12.7. The Labute approximate surface area is 118 Å². The Balaban J connectivity index is 1.63. The quantitative estimate of drug-likeness (QED) is 0.803. The summed E-state index contributed by atoms with van der Waals surface area (Å²) in [5, 5.41) is 3.65. The van der Waals surface area contributed by atoms with E-state index in [1.54, 1.807) is 6.07 Å². The molecule has 3 rings (SSSR count). The highest BCUT2D eigenvalue weighted by Crippen LogP contribution is 2.53. The second kappa shape index (κ2) is 5.38. The Bertz CT molecular complexity index is 495. The summed E-state index contributed by atoms with van der Waals surface area (Å²) in [6.07, 6.45) is 9.02. The summed E-state index contributed by atoms with van der Waals surface area (Å²) in [6, 6.07) is 7.35. The van der Waals surface area contributed by atoms with Gasteiger partial charge in [0.15, 0.2) is 0 Å². The lowest BCUT2D eigenvalue weighted by Crippen LogP contribution is -2.15. The zero-order valence-corrected chi connectivity index (χ0v) is 11.6. The van der Waals surface area contributed by atoms with Crippen LogP contribution in [0.4, 0.5) is 5.69 Å². The Morgan fingerprint density at radius 2 is 1.84 bits per heavy atom. The zero-order chi connectivity index (χ0) is 13.2. The lowest BCUT2D eigenvalue weighted by atomic mass is 10.1. The minimum atomic E-state index is 0.166. The van der Waals surface area contributed by atoms with Crippen molar-refractivity contribution in [1.82, 2.24) is 0 Å². The molecular weight excluding hydrogens is 258 g/mol. The molecule has 3 heteroatoms. The number of rotatable bonds is 2. The smallest absolute Gasteiger partial charge is 0.228 e. The molecule has 1 amide bonds. The summed E-state index contributed by atoms with van der Waals surface area (Å²) in [5.74, 6) is 1.55. The van der Waals surface area contributed by atoms with Crippen molar-refractivity contribution in [3.05, 3.63) is 41.4 Å². The van der Waals surface area contributed by atoms with Gasteiger partial charge in [-0.15, -0.1) is 0 Å². The van der Waals surface area contributed by atoms with Gasteiger partial charge in [0, 0.05) is 16.6 Å². The molecule has 1 saturated carbocycles. The summed E-state index contributed by atoms with van der Waals surface area (Å²) in [7, 11) is 0. The van der Waals surface area contributed by atoms with Gasteiger partial charge in [0.05, 0.1) is 0 Å². The first-order valence-electron chi connectivity index (χ1n) is 6.97. The van der Waals surface area contributed by atoms with Crippen LogP contribution in [-0.4, -0.2) is 5.91 Å². The van der Waals surface area contributed by atoms with Gasteiger partial charge in [0.2, 0.25) is 5.91 Å². The van der Waals surface area contributed by atoms with Crippen LogP contribution in [0.15, 0.2) is 36.4 Å². The summed E-state index contributed by atoms with van der Waals surface area (Å²) in [4.78, 5) is 12.3. The second-order valence-corrected chi connectivity index (χ2v) is 5.92. The summed E-state index contributed by atoms with van der Waals surface area (Å²) < 4.78 is 0. The van der Waals surface area contributed by atoms with Crippen LogP contribution in [0.25, 0.3) is 0 Å². The topological polar surface area (TPSA) is 29.1 Å². The van der Waals surface area contributed by atoms with Crippen LogP contribution in [0.2, 0.25) is 5.02 Å². The Morgan fingerprint density at radius 1 is 1.16 bits per heavy atom. The van der Waals surface area contributed by atoms with Crippen LogP contribution >= 0.6 is 11.6 Å². The molecule has 1 N–H and O–H groups in total. The van der Waals surface area contributed by atoms with Crippen molar-refractivity contribution < 1.29 is 4.79 Å². The summed E-state index contributed by atoms with van der Waals surface area (Å²) in [5.41, 5.74) is 0.801. The largest absolute Gasteiger partial charge is 0.326 e. The standard InChI is InChI=1S/C16H18ClNO/c17-11-6-5-7-12(10-11)18-16(19)15-13-8-3-1-2-4-9-14(13)15/h1-2,5-7,10,13-15H,3-4,8-9H2,(H,18,19)/b2-1-/t13-,14+,15?. The lowest BCUT2D eigenvalue weighted by Gasteiger charge is -2.05. The number of hydrogen-bond acceptors (Lipinski definition) is 1. The maximum absolute atomic E-state index is 12.3. The molecule has 100 valence electrons. The van der Waals surface area contributed by atoms with Gasteiger partial charge < -0.3 is 5.32 Å². The molecule has 0 aromatic heterocycles. The van der Waals surface area contributed by atoms with Gasteiger partial charge >= 0.3 is 0 Å². The maximum atomic E-state index is 12.3. The Hall–Kier alpha value is -1.28. The van der Waals surface area contributed by atoms with Crippen molar-refractivity contribution in [3.8, 4) is 0 Å². The number of hydrogen-bond donors (Lipinski definition) is 1. The molecule has 2 nitrogen and oxygen atoms in total. The number of fused-ring (bicyclic) bond motifs is 1. The highest BCUT2D eigenvalue weighted by molar-refractivity contribution is 6.30. The molecule has 2 aliphatic carbocycles. The van der Waals surface area contributed by atoms with E-state index in [1.165, 1.54) is 0 Å². The average Bonchev–Trinajstić information content (AvgIpc) is 3.00. The fraction of sp³-hybridized carbons (Fsp3) is 0.438. The first-order chi connectivity index (χ1) is 9.25. The van der Waals surface area contributed by atoms with Crippen LogP contribution in [0, 0.1) is 17.8 Å². The van der Waals surface area contributed by atoms with Crippen molar-refractivity contribution in [2.75, 3.05) is 5.32 Å². The molecule has 2 aliphatic rings. The van der Waals surface area contributed by atoms with E-state index in [1.807, 2.05) is 18.2 Å². The second-order valence-electron chi connectivity index (χ2n) is 5.48. The number of amides is 1. The normalized spacial score (nSPS) is 30.7. The van der Waals surface area contributed by atoms with Gasteiger partial charge in [0.25, 0.3) is 0 Å². The minimum Gasteiger partial charge on any atom is -0.326 e. The van der Waals surface area contributed by atoms with Gasteiger partial charge in [0.1, 0.15) is 0 Å². The van der Waals surface area contributed by atoms with E-state index in [9.17, 15) is 4.79 Å². The molecule has 1 fully saturated rings. The number of halogens is 1. The van der Waals surface area contributed by atoms with Gasteiger partial charge in [-0.3, -0.25) is 4.79 Å². The third-order valence-electron chi connectivity index (χ3n) is 4.23. The van der Waals surface area contributed by atoms with Gasteiger partial charge in [-0.25, -0.2) is 0 Å². The molecule has 1 aromatic carbocycles. The number of carbonyl (C=O) groups excluding carboxylic acids is 1. The van der Waals surface area contributed by atoms with E-state index in [4.69, 9.17) is 11.6 Å². The van der Waals surface area contributed by atoms with Crippen molar-refractivity contribution in [1.29, 1.82) is 0 Å². The van der Waals surface area contributed by atoms with Gasteiger partial charge in [-0.2, -0.15) is 0 Å². The van der Waals surface area contributed by atoms with Crippen molar-refractivity contribution in [2.24, 2.45) is 17.8 Å². The average molecular weight is 276 g/mol. The number of benzene rings is 1. The van der Waals surface area contributed by atoms with E-state index in [-0.39, 0.29) is 11.8 Å². The molecule has 0 spiro atoms. The van der Waals surface area contributed by atoms with E-state index in [0.717, 1.165) is 31.4 Å². The minimum absolute atomic E-state index is 0.166. The van der Waals surface area contributed by atoms with Crippen molar-refractivity contribution >= 4 is 23.2 Å². The summed E-state index contributed by atoms with van der Waals surface area (Å²) in [6.45, 7) is 0. The maximum Gasteiger partial charge on any atom is 0.228 e. The van der Waals surface area contributed by atoms with E-state index < -0.39 is 0 Å². The predicted molar refractivity (Wildman–Crippen MR) is 78.2 cm³/mol. The number of nitrogens with one attached hydrogen (secondary N) is 1. The van der Waals surface area contributed by atoms with Crippen LogP contribution in [0.5, 0.6) is 0 Å². The molecule has 19 heavy (non-hydrogen) atoms. The van der Waals surface area contributed by atoms with E-state index >= 15 is 0 Å². The van der Waals surface area contributed by atoms with E-state index in [2.05, 4.69) is 17.5 Å². The molecule has 3 atom stereocenters. The predicted octanol–water partition coefficient (Wildman–Crippen LogP) is 4.27. The number of anilines is 1. The lowest BCUT2D eigenvalue weighted by molar-refractivity contribution is -0.117. The Kier molecular flexibility index (Phi) is 3.61. The SMILES string of the molecule is O=C(Nc1cccc(Cl)c1)C1[C@H]2CC/C=C\CC[C@@H]12. The first-order valence-corrected chi connectivity index (χ1v) is 7.35. The molecular formula is C16H18ClNO. The number of carbonyl (C=O) groups is 1. The van der Waals surface area contributed by atoms with Crippen LogP contribution < -0.4 is 5.32 Å². The van der Waals surface area contributed by atoms with Crippen molar-refractivity contribution in [2.45, 2.75) is 25.7 Å². The number of allylic oxidation sites excluding steroid dienone is 2. The third kappa shape index (κ3) is 2.84. The van der Waals surface area contributed by atoms with E-state index in [0.29, 0.717) is 16.9 Å². The molecule has 1 unspecified atom stereocenters. The highest BCUT2D eigenvalue weighted by atomic mass is 35.5. The molecule has 0 radical (unpaired) electrons. The van der Waals surface area contributed by atoms with Crippen LogP contribution in [0.3, 0.4) is 0 Å². The molecule has 0 heterocycles. The van der Waals surface area contributed by atoms with Crippen LogP contribution in [0.1, 0.15) is 25.7 Å². The fourth-order valence-electron chi connectivity index (χ4n) is 3.23. The molecule has 0 saturated heterocycles. The molecule has 0 aliphatic heterocycles. The van der Waals surface area contributed by atoms with Crippen molar-refractivity contribution in [3.63, 3.8) is 0 Å². The summed E-state index contributed by atoms with van der Waals surface area (Å²) >= 11 is 5.93. The fourth-order valence-corrected chi connectivity index (χ4v) is 3.42. The molecule has 1 aromatic rings. The molecule has 0 bridgehead atoms.